The van der Waals surface area contributed by atoms with E-state index in [1.54, 1.807) is 0 Å². The summed E-state index contributed by atoms with van der Waals surface area (Å²) in [5.41, 5.74) is 10.7. The second kappa shape index (κ2) is 11.8. The van der Waals surface area contributed by atoms with Crippen LogP contribution in [0.4, 0.5) is 17.1 Å². The number of para-hydroxylation sites is 3. The molecule has 1 heterocycles. The standard InChI is InChI=1S/C45H35NO.C2H6/c1-28-12-5-8-17-39(28)46(40-18-9-6-13-29(40)2)33-23-20-30(21-24-33)36-26-32-27-38-44(47-41-19-10-7-16-37(41)45(38,3)4)35-25-22-31-14-11-15-34(36)42(31)43(32)35;1-2/h5-27H,1-4H3;1-2H3. The quantitative estimate of drug-likeness (QED) is 0.178. The van der Waals surface area contributed by atoms with E-state index in [0.717, 1.165) is 17.2 Å². The Morgan fingerprint density at radius 3 is 1.86 bits per heavy atom. The van der Waals surface area contributed by atoms with Crippen LogP contribution in [0.15, 0.2) is 140 Å². The molecule has 8 aromatic rings. The van der Waals surface area contributed by atoms with Crippen molar-refractivity contribution in [3.05, 3.63) is 162 Å². The van der Waals surface area contributed by atoms with Gasteiger partial charge >= 0.3 is 0 Å². The van der Waals surface area contributed by atoms with Crippen molar-refractivity contribution >= 4 is 49.4 Å². The Morgan fingerprint density at radius 2 is 1.16 bits per heavy atom. The average molecular weight is 636 g/mol. The Bertz CT molecular complexity index is 2440. The highest BCUT2D eigenvalue weighted by atomic mass is 16.5. The first-order chi connectivity index (χ1) is 23.9. The molecule has 0 N–H and O–H groups in total. The molecule has 0 bridgehead atoms. The van der Waals surface area contributed by atoms with Crippen molar-refractivity contribution in [3.8, 4) is 22.6 Å². The first-order valence-electron chi connectivity index (χ1n) is 17.4. The van der Waals surface area contributed by atoms with E-state index in [-0.39, 0.29) is 5.41 Å². The number of anilines is 3. The molecule has 2 heteroatoms. The van der Waals surface area contributed by atoms with Gasteiger partial charge in [-0.25, -0.2) is 0 Å². The molecule has 8 aromatic carbocycles. The van der Waals surface area contributed by atoms with Crippen LogP contribution in [0, 0.1) is 13.8 Å². The summed E-state index contributed by atoms with van der Waals surface area (Å²) in [6.45, 7) is 13.0. The molecule has 0 aliphatic carbocycles. The lowest BCUT2D eigenvalue weighted by Gasteiger charge is -2.35. The molecule has 0 aromatic heterocycles. The molecule has 0 radical (unpaired) electrons. The number of rotatable bonds is 4. The summed E-state index contributed by atoms with van der Waals surface area (Å²) in [7, 11) is 0. The second-order valence-electron chi connectivity index (χ2n) is 13.5. The summed E-state index contributed by atoms with van der Waals surface area (Å²) in [6.07, 6.45) is 0. The molecule has 0 spiro atoms. The van der Waals surface area contributed by atoms with Crippen molar-refractivity contribution in [3.63, 3.8) is 0 Å². The van der Waals surface area contributed by atoms with Gasteiger partial charge in [0.15, 0.2) is 0 Å². The zero-order valence-electron chi connectivity index (χ0n) is 29.1. The summed E-state index contributed by atoms with van der Waals surface area (Å²) in [5.74, 6) is 1.93. The fraction of sp³-hybridized carbons (Fsp3) is 0.149. The normalized spacial score (nSPS) is 13.0. The second-order valence-corrected chi connectivity index (χ2v) is 13.5. The van der Waals surface area contributed by atoms with E-state index in [1.807, 2.05) is 13.8 Å². The lowest BCUT2D eigenvalue weighted by Crippen LogP contribution is -2.24. The monoisotopic (exact) mass is 635 g/mol. The third-order valence-electron chi connectivity index (χ3n) is 10.3. The van der Waals surface area contributed by atoms with Crippen molar-refractivity contribution in [1.82, 2.24) is 0 Å². The molecular weight excluding hydrogens is 595 g/mol. The van der Waals surface area contributed by atoms with Crippen molar-refractivity contribution in [2.24, 2.45) is 0 Å². The molecule has 0 amide bonds. The molecule has 49 heavy (non-hydrogen) atoms. The van der Waals surface area contributed by atoms with Crippen LogP contribution in [0.3, 0.4) is 0 Å². The van der Waals surface area contributed by atoms with Gasteiger partial charge in [-0.05, 0) is 106 Å². The maximum Gasteiger partial charge on any atom is 0.139 e. The third-order valence-corrected chi connectivity index (χ3v) is 10.3. The Balaban J connectivity index is 0.00000171. The molecule has 0 fully saturated rings. The lowest BCUT2D eigenvalue weighted by molar-refractivity contribution is 0.423. The van der Waals surface area contributed by atoms with Crippen LogP contribution in [0.2, 0.25) is 0 Å². The molecule has 1 aliphatic heterocycles. The van der Waals surface area contributed by atoms with Crippen LogP contribution in [0.5, 0.6) is 11.5 Å². The Labute approximate surface area is 289 Å². The predicted octanol–water partition coefficient (Wildman–Crippen LogP) is 13.8. The van der Waals surface area contributed by atoms with Gasteiger partial charge in [0.05, 0.1) is 0 Å². The van der Waals surface area contributed by atoms with E-state index in [1.165, 1.54) is 77.1 Å². The van der Waals surface area contributed by atoms with E-state index in [4.69, 9.17) is 4.74 Å². The summed E-state index contributed by atoms with van der Waals surface area (Å²) < 4.78 is 6.71. The lowest BCUT2D eigenvalue weighted by atomic mass is 9.74. The van der Waals surface area contributed by atoms with Gasteiger partial charge in [-0.2, -0.15) is 0 Å². The molecule has 0 saturated heterocycles. The maximum atomic E-state index is 6.71. The Hall–Kier alpha value is -5.60. The number of aryl methyl sites for hydroxylation is 2. The zero-order chi connectivity index (χ0) is 33.9. The van der Waals surface area contributed by atoms with Crippen molar-refractivity contribution < 1.29 is 4.74 Å². The third kappa shape index (κ3) is 4.77. The van der Waals surface area contributed by atoms with Gasteiger partial charge < -0.3 is 9.64 Å². The highest BCUT2D eigenvalue weighted by molar-refractivity contribution is 6.27. The highest BCUT2D eigenvalue weighted by Gasteiger charge is 2.36. The molecule has 240 valence electrons. The predicted molar refractivity (Wildman–Crippen MR) is 210 cm³/mol. The first-order valence-corrected chi connectivity index (χ1v) is 17.4. The molecule has 0 atom stereocenters. The largest absolute Gasteiger partial charge is 0.456 e. The average Bonchev–Trinajstić information content (AvgIpc) is 3.13. The molecule has 9 rings (SSSR count). The van der Waals surface area contributed by atoms with Crippen molar-refractivity contribution in [2.45, 2.75) is 47.0 Å². The van der Waals surface area contributed by atoms with E-state index >= 15 is 0 Å². The molecule has 2 nitrogen and oxygen atoms in total. The van der Waals surface area contributed by atoms with Crippen LogP contribution in [0.25, 0.3) is 43.4 Å². The van der Waals surface area contributed by atoms with Gasteiger partial charge in [-0.15, -0.1) is 0 Å². The maximum absolute atomic E-state index is 6.71. The number of hydrogen-bond donors (Lipinski definition) is 0. The fourth-order valence-electron chi connectivity index (χ4n) is 7.84. The van der Waals surface area contributed by atoms with Crippen LogP contribution >= 0.6 is 0 Å². The molecule has 1 aliphatic rings. The topological polar surface area (TPSA) is 12.5 Å². The molecule has 0 saturated carbocycles. The number of ether oxygens (including phenoxy) is 1. The number of benzene rings is 8. The van der Waals surface area contributed by atoms with E-state index in [0.29, 0.717) is 0 Å². The van der Waals surface area contributed by atoms with E-state index in [9.17, 15) is 0 Å². The zero-order valence-corrected chi connectivity index (χ0v) is 29.1. The minimum Gasteiger partial charge on any atom is -0.456 e. The van der Waals surface area contributed by atoms with Crippen LogP contribution < -0.4 is 9.64 Å². The first kappa shape index (κ1) is 30.7. The summed E-state index contributed by atoms with van der Waals surface area (Å²) >= 11 is 0. The van der Waals surface area contributed by atoms with Gasteiger partial charge in [0.1, 0.15) is 11.5 Å². The molecule has 0 unspecified atom stereocenters. The van der Waals surface area contributed by atoms with Gasteiger partial charge in [0.2, 0.25) is 0 Å². The fourth-order valence-corrected chi connectivity index (χ4v) is 7.84. The van der Waals surface area contributed by atoms with Gasteiger partial charge in [-0.3, -0.25) is 0 Å². The van der Waals surface area contributed by atoms with Crippen molar-refractivity contribution in [2.75, 3.05) is 4.90 Å². The minimum absolute atomic E-state index is 0.189. The van der Waals surface area contributed by atoms with Gasteiger partial charge in [0.25, 0.3) is 0 Å². The smallest absolute Gasteiger partial charge is 0.139 e. The summed E-state index contributed by atoms with van der Waals surface area (Å²) in [5, 5.41) is 7.51. The van der Waals surface area contributed by atoms with E-state index < -0.39 is 0 Å². The summed E-state index contributed by atoms with van der Waals surface area (Å²) in [4.78, 5) is 2.38. The van der Waals surface area contributed by atoms with Crippen molar-refractivity contribution in [1.29, 1.82) is 0 Å². The Kier molecular flexibility index (Phi) is 7.41. The van der Waals surface area contributed by atoms with Crippen LogP contribution in [0.1, 0.15) is 49.9 Å². The SMILES string of the molecule is CC.Cc1ccccc1N(c1ccc(-c2cc3cc4c(c5ccc6cccc2c6c35)Oc2ccccc2C4(C)C)cc1)c1ccccc1C. The number of nitrogens with zero attached hydrogens (tertiary/aromatic N) is 1. The van der Waals surface area contributed by atoms with Crippen LogP contribution in [-0.2, 0) is 5.41 Å². The minimum atomic E-state index is -0.189. The number of hydrogen-bond acceptors (Lipinski definition) is 2. The van der Waals surface area contributed by atoms with E-state index in [2.05, 4.69) is 172 Å². The van der Waals surface area contributed by atoms with Crippen LogP contribution in [-0.4, -0.2) is 0 Å². The number of fused-ring (bicyclic) bond motifs is 3. The van der Waals surface area contributed by atoms with Gasteiger partial charge in [-0.1, -0.05) is 119 Å². The summed E-state index contributed by atoms with van der Waals surface area (Å²) in [6, 6.07) is 50.8. The Morgan fingerprint density at radius 1 is 0.531 bits per heavy atom. The molecular formula is C47H41NO. The highest BCUT2D eigenvalue weighted by Crippen LogP contribution is 2.53. The van der Waals surface area contributed by atoms with Gasteiger partial charge in [0, 0.05) is 44.4 Å².